The fourth-order valence-electron chi connectivity index (χ4n) is 2.76. The van der Waals surface area contributed by atoms with Crippen LogP contribution >= 0.6 is 11.8 Å². The molecule has 4 heteroatoms. The van der Waals surface area contributed by atoms with Gasteiger partial charge in [-0.2, -0.15) is 0 Å². The maximum absolute atomic E-state index is 11.9. The Labute approximate surface area is 135 Å². The molecule has 1 aliphatic rings. The van der Waals surface area contributed by atoms with Gasteiger partial charge in [0, 0.05) is 16.3 Å². The number of hydrogen-bond acceptors (Lipinski definition) is 4. The van der Waals surface area contributed by atoms with Crippen molar-refractivity contribution in [1.29, 1.82) is 0 Å². The molecular formula is C17H33NO2S. The van der Waals surface area contributed by atoms with Crippen LogP contribution in [-0.2, 0) is 4.74 Å². The van der Waals surface area contributed by atoms with Crippen molar-refractivity contribution >= 4 is 17.1 Å². The summed E-state index contributed by atoms with van der Waals surface area (Å²) in [5, 5.41) is 3.59. The van der Waals surface area contributed by atoms with Crippen LogP contribution in [0.1, 0.15) is 80.1 Å². The molecule has 0 spiro atoms. The highest BCUT2D eigenvalue weighted by molar-refractivity contribution is 8.14. The van der Waals surface area contributed by atoms with Gasteiger partial charge in [0.2, 0.25) is 0 Å². The monoisotopic (exact) mass is 315 g/mol. The largest absolute Gasteiger partial charge is 0.454 e. The zero-order valence-corrected chi connectivity index (χ0v) is 15.4. The molecule has 1 rings (SSSR count). The Morgan fingerprint density at radius 1 is 1.00 bits per heavy atom. The van der Waals surface area contributed by atoms with Gasteiger partial charge in [-0.25, -0.2) is 4.79 Å². The molecule has 0 aromatic carbocycles. The van der Waals surface area contributed by atoms with Gasteiger partial charge in [-0.3, -0.25) is 0 Å². The van der Waals surface area contributed by atoms with Crippen LogP contribution in [0.2, 0.25) is 0 Å². The minimum atomic E-state index is -0.113. The topological polar surface area (TPSA) is 38.3 Å². The summed E-state index contributed by atoms with van der Waals surface area (Å²) in [5.74, 6) is 0. The molecule has 1 aliphatic carbocycles. The van der Waals surface area contributed by atoms with E-state index in [1.165, 1.54) is 24.6 Å². The summed E-state index contributed by atoms with van der Waals surface area (Å²) in [7, 11) is 0. The fourth-order valence-corrected chi connectivity index (χ4v) is 3.44. The highest BCUT2D eigenvalue weighted by Gasteiger charge is 2.24. The molecule has 0 radical (unpaired) electrons. The molecule has 124 valence electrons. The Bertz CT molecular complexity index is 321. The van der Waals surface area contributed by atoms with Gasteiger partial charge in [-0.05, 0) is 71.1 Å². The lowest BCUT2D eigenvalue weighted by Crippen LogP contribution is -2.44. The quantitative estimate of drug-likeness (QED) is 0.717. The average molecular weight is 316 g/mol. The minimum absolute atomic E-state index is 0.0690. The molecule has 0 aromatic heterocycles. The van der Waals surface area contributed by atoms with Gasteiger partial charge in [-0.15, -0.1) is 0 Å². The number of rotatable bonds is 2. The van der Waals surface area contributed by atoms with Crippen LogP contribution in [0.15, 0.2) is 0 Å². The van der Waals surface area contributed by atoms with Crippen molar-refractivity contribution in [3.8, 4) is 0 Å². The van der Waals surface area contributed by atoms with Crippen molar-refractivity contribution in [3.05, 3.63) is 0 Å². The van der Waals surface area contributed by atoms with E-state index in [1.807, 2.05) is 20.8 Å². The molecular weight excluding hydrogens is 282 g/mol. The maximum Gasteiger partial charge on any atom is 0.368 e. The predicted molar refractivity (Wildman–Crippen MR) is 92.0 cm³/mol. The third-order valence-corrected chi connectivity index (χ3v) is 4.32. The second kappa shape index (κ2) is 7.87. The number of carbonyl (C=O) groups is 1. The second-order valence-corrected chi connectivity index (χ2v) is 9.92. The molecule has 21 heavy (non-hydrogen) atoms. The first-order valence-electron chi connectivity index (χ1n) is 8.22. The number of carbonyl (C=O) groups excluding carboxylic acids is 1. The van der Waals surface area contributed by atoms with Crippen LogP contribution in [0.4, 0.5) is 4.79 Å². The van der Waals surface area contributed by atoms with Crippen molar-refractivity contribution in [2.45, 2.75) is 102 Å². The third kappa shape index (κ3) is 9.41. The average Bonchev–Trinajstić information content (AvgIpc) is 2.20. The van der Waals surface area contributed by atoms with Crippen molar-refractivity contribution in [2.75, 3.05) is 0 Å². The van der Waals surface area contributed by atoms with Crippen molar-refractivity contribution in [3.63, 3.8) is 0 Å². The smallest absolute Gasteiger partial charge is 0.368 e. The van der Waals surface area contributed by atoms with E-state index in [-0.39, 0.29) is 21.7 Å². The molecule has 0 amide bonds. The first-order chi connectivity index (χ1) is 9.55. The Balaban J connectivity index is 2.36. The molecule has 0 saturated heterocycles. The third-order valence-electron chi connectivity index (χ3n) is 3.45. The van der Waals surface area contributed by atoms with Gasteiger partial charge >= 0.3 is 5.30 Å². The molecule has 1 fully saturated rings. The van der Waals surface area contributed by atoms with Crippen LogP contribution in [-0.4, -0.2) is 27.7 Å². The van der Waals surface area contributed by atoms with E-state index in [9.17, 15) is 4.79 Å². The zero-order chi connectivity index (χ0) is 16.1. The van der Waals surface area contributed by atoms with Gasteiger partial charge in [0.1, 0.15) is 6.10 Å². The lowest BCUT2D eigenvalue weighted by molar-refractivity contribution is 0.100. The van der Waals surface area contributed by atoms with E-state index < -0.39 is 0 Å². The minimum Gasteiger partial charge on any atom is -0.454 e. The van der Waals surface area contributed by atoms with E-state index in [1.54, 1.807) is 0 Å². The van der Waals surface area contributed by atoms with Crippen LogP contribution < -0.4 is 5.32 Å². The van der Waals surface area contributed by atoms with E-state index in [4.69, 9.17) is 4.74 Å². The summed E-state index contributed by atoms with van der Waals surface area (Å²) in [4.78, 5) is 11.9. The molecule has 0 bridgehead atoms. The van der Waals surface area contributed by atoms with Gasteiger partial charge < -0.3 is 10.1 Å². The highest BCUT2D eigenvalue weighted by atomic mass is 32.2. The summed E-state index contributed by atoms with van der Waals surface area (Å²) in [5.41, 5.74) is 0.180. The standard InChI is InChI=1S/C17H33NO2S/c1-16(2,3)18-13-9-7-11-14(12-8-10-13)20-15(19)21-17(4,5)6/h13-14,18H,7-12H2,1-6H3. The van der Waals surface area contributed by atoms with Gasteiger partial charge in [0.15, 0.2) is 0 Å². The Morgan fingerprint density at radius 2 is 1.52 bits per heavy atom. The summed E-state index contributed by atoms with van der Waals surface area (Å²) in [6.07, 6.45) is 6.73. The van der Waals surface area contributed by atoms with Crippen molar-refractivity contribution in [2.24, 2.45) is 0 Å². The zero-order valence-electron chi connectivity index (χ0n) is 14.6. The molecule has 0 heterocycles. The Kier molecular flexibility index (Phi) is 7.05. The number of nitrogens with one attached hydrogen (secondary N) is 1. The van der Waals surface area contributed by atoms with Gasteiger partial charge in [0.05, 0.1) is 0 Å². The van der Waals surface area contributed by atoms with Crippen LogP contribution in [0.25, 0.3) is 0 Å². The molecule has 3 nitrogen and oxygen atoms in total. The van der Waals surface area contributed by atoms with E-state index in [0.717, 1.165) is 25.7 Å². The first-order valence-corrected chi connectivity index (χ1v) is 9.04. The fraction of sp³-hybridized carbons (Fsp3) is 0.941. The lowest BCUT2D eigenvalue weighted by atomic mass is 9.93. The van der Waals surface area contributed by atoms with Crippen molar-refractivity contribution < 1.29 is 9.53 Å². The normalized spacial score (nSPS) is 25.0. The Morgan fingerprint density at radius 3 is 1.95 bits per heavy atom. The summed E-state index contributed by atoms with van der Waals surface area (Å²) >= 11 is 1.30. The van der Waals surface area contributed by atoms with Crippen LogP contribution in [0, 0.1) is 0 Å². The molecule has 0 unspecified atom stereocenters. The molecule has 0 atom stereocenters. The SMILES string of the molecule is CC(C)(C)NC1CCCC(OC(=O)SC(C)(C)C)CCC1. The van der Waals surface area contributed by atoms with E-state index in [2.05, 4.69) is 26.1 Å². The van der Waals surface area contributed by atoms with Crippen LogP contribution in [0.3, 0.4) is 0 Å². The second-order valence-electron chi connectivity index (χ2n) is 8.16. The van der Waals surface area contributed by atoms with Gasteiger partial charge in [0.25, 0.3) is 0 Å². The summed E-state index contributed by atoms with van der Waals surface area (Å²) in [6, 6.07) is 0.602. The van der Waals surface area contributed by atoms with Gasteiger partial charge in [-0.1, -0.05) is 20.8 Å². The van der Waals surface area contributed by atoms with E-state index in [0.29, 0.717) is 6.04 Å². The first kappa shape index (κ1) is 18.8. The summed E-state index contributed by atoms with van der Waals surface area (Å²) < 4.78 is 5.57. The Hall–Kier alpha value is -0.220. The molecule has 0 aliphatic heterocycles. The number of ether oxygens (including phenoxy) is 1. The highest BCUT2D eigenvalue weighted by Crippen LogP contribution is 2.28. The van der Waals surface area contributed by atoms with Crippen LogP contribution in [0.5, 0.6) is 0 Å². The van der Waals surface area contributed by atoms with Crippen molar-refractivity contribution in [1.82, 2.24) is 5.32 Å². The maximum atomic E-state index is 11.9. The molecule has 1 N–H and O–H groups in total. The molecule has 1 saturated carbocycles. The summed E-state index contributed by atoms with van der Waals surface area (Å²) in [6.45, 7) is 12.8. The predicted octanol–water partition coefficient (Wildman–Crippen LogP) is 5.13. The van der Waals surface area contributed by atoms with E-state index >= 15 is 0 Å². The number of hydrogen-bond donors (Lipinski definition) is 1. The lowest BCUT2D eigenvalue weighted by Gasteiger charge is -2.31. The number of thioether (sulfide) groups is 1. The molecule has 0 aromatic rings.